The van der Waals surface area contributed by atoms with Gasteiger partial charge in [-0.15, -0.1) is 0 Å². The molecular weight excluding hydrogens is 648 g/mol. The van der Waals surface area contributed by atoms with Crippen LogP contribution in [-0.4, -0.2) is 81.4 Å². The van der Waals surface area contributed by atoms with Crippen LogP contribution >= 0.6 is 0 Å². The Bertz CT molecular complexity index is 1240. The fraction of sp³-hybridized carbons (Fsp3) is 0.865. The molecule has 13 heteroatoms. The number of hydrogen-bond acceptors (Lipinski definition) is 9. The second kappa shape index (κ2) is 16.6. The minimum atomic E-state index is -1.47. The fourth-order valence-electron chi connectivity index (χ4n) is 10.6. The van der Waals surface area contributed by atoms with Gasteiger partial charge in [-0.3, -0.25) is 9.59 Å². The van der Waals surface area contributed by atoms with Crippen molar-refractivity contribution in [1.29, 1.82) is 0 Å². The second-order valence-corrected chi connectivity index (χ2v) is 16.6. The van der Waals surface area contributed by atoms with Gasteiger partial charge in [-0.1, -0.05) is 34.6 Å². The zero-order valence-corrected chi connectivity index (χ0v) is 30.4. The smallest absolute Gasteiger partial charge is 0.326 e. The number of aliphatic hydroxyl groups is 2. The van der Waals surface area contributed by atoms with Crippen molar-refractivity contribution in [1.82, 2.24) is 10.6 Å². The molecule has 0 radical (unpaired) electrons. The summed E-state index contributed by atoms with van der Waals surface area (Å²) in [5.74, 6) is -1.53. The zero-order valence-electron chi connectivity index (χ0n) is 30.4. The standard InChI is InChI=1S/C37H60N2O11/c1-20(2)16-29(34(46)47)39-35(48)38-28(33(44)45)11-13-32(43)50-19-49-31(42)12-6-21(3)25-9-10-26-24-8-7-22-17-23(40)14-15-36(22,4)27(24)18-30(41)37(25,26)5/h20-30,40-41H,6-19H2,1-5H3,(H,44,45)(H,46,47)(H2,38,39,48)/t21-,22-,23-,24?,25?,26?,27?,28+,29+,30+,36+,37-/m1/s1. The number of rotatable bonds is 15. The molecule has 4 fully saturated rings. The molecule has 2 amide bonds. The van der Waals surface area contributed by atoms with Crippen molar-refractivity contribution < 1.29 is 53.9 Å². The van der Waals surface area contributed by atoms with E-state index >= 15 is 0 Å². The van der Waals surface area contributed by atoms with Gasteiger partial charge in [-0.2, -0.15) is 0 Å². The molecule has 0 aromatic heterocycles. The minimum absolute atomic E-state index is 0.0239. The predicted molar refractivity (Wildman–Crippen MR) is 181 cm³/mol. The predicted octanol–water partition coefficient (Wildman–Crippen LogP) is 4.47. The summed E-state index contributed by atoms with van der Waals surface area (Å²) < 4.78 is 10.1. The summed E-state index contributed by atoms with van der Waals surface area (Å²) in [6.45, 7) is 9.78. The fourth-order valence-corrected chi connectivity index (χ4v) is 10.6. The van der Waals surface area contributed by atoms with Gasteiger partial charge in [0.05, 0.1) is 12.2 Å². The number of fused-ring (bicyclic) bond motifs is 5. The highest BCUT2D eigenvalue weighted by atomic mass is 16.7. The SMILES string of the molecule is CC(C)C[C@H](NC(=O)N[C@@H](CCC(=O)OCOC(=O)CC[C@@H](C)C1CCC2C3CC[C@@H]4C[C@H](O)CC[C@]4(C)C3C[C@H](O)[C@@]21C)C(=O)O)C(=O)O. The molecule has 4 aliphatic rings. The Morgan fingerprint density at radius 3 is 2.02 bits per heavy atom. The van der Waals surface area contributed by atoms with Crippen LogP contribution in [0.3, 0.4) is 0 Å². The molecular formula is C37H60N2O11. The Kier molecular flexibility index (Phi) is 13.2. The number of carboxylic acid groups (broad SMARTS) is 2. The Balaban J connectivity index is 1.19. The van der Waals surface area contributed by atoms with Gasteiger partial charge < -0.3 is 40.5 Å². The van der Waals surface area contributed by atoms with Gasteiger partial charge in [-0.05, 0) is 123 Å². The lowest BCUT2D eigenvalue weighted by Crippen LogP contribution is -2.58. The van der Waals surface area contributed by atoms with Gasteiger partial charge in [0.25, 0.3) is 0 Å². The lowest BCUT2D eigenvalue weighted by molar-refractivity contribution is -0.175. The summed E-state index contributed by atoms with van der Waals surface area (Å²) in [7, 11) is 0. The lowest BCUT2D eigenvalue weighted by Gasteiger charge is -2.62. The number of aliphatic carboxylic acids is 2. The molecule has 0 bridgehead atoms. The maximum absolute atomic E-state index is 12.6. The monoisotopic (exact) mass is 708 g/mol. The van der Waals surface area contributed by atoms with Crippen molar-refractivity contribution >= 4 is 29.9 Å². The molecule has 0 saturated heterocycles. The van der Waals surface area contributed by atoms with Crippen LogP contribution in [0.15, 0.2) is 0 Å². The topological polar surface area (TPSA) is 209 Å². The van der Waals surface area contributed by atoms with E-state index in [4.69, 9.17) is 9.47 Å². The number of urea groups is 1. The van der Waals surface area contributed by atoms with Crippen LogP contribution < -0.4 is 10.6 Å². The maximum atomic E-state index is 12.6. The molecule has 0 heterocycles. The van der Waals surface area contributed by atoms with Gasteiger partial charge in [0.1, 0.15) is 12.1 Å². The Labute approximate surface area is 295 Å². The summed E-state index contributed by atoms with van der Waals surface area (Å²) in [6, 6.07) is -3.64. The Morgan fingerprint density at radius 2 is 1.40 bits per heavy atom. The van der Waals surface area contributed by atoms with E-state index in [0.717, 1.165) is 51.4 Å². The first-order valence-corrected chi connectivity index (χ1v) is 18.7. The van der Waals surface area contributed by atoms with Crippen LogP contribution in [0.2, 0.25) is 0 Å². The maximum Gasteiger partial charge on any atom is 0.326 e. The van der Waals surface area contributed by atoms with E-state index in [2.05, 4.69) is 31.4 Å². The summed E-state index contributed by atoms with van der Waals surface area (Å²) in [5, 5.41) is 45.3. The molecule has 0 aromatic carbocycles. The van der Waals surface area contributed by atoms with E-state index in [9.17, 15) is 44.4 Å². The summed E-state index contributed by atoms with van der Waals surface area (Å²) >= 11 is 0. The van der Waals surface area contributed by atoms with Crippen molar-refractivity contribution in [2.45, 2.75) is 142 Å². The number of nitrogens with one attached hydrogen (secondary N) is 2. The Hall–Kier alpha value is -2.93. The molecule has 12 atom stereocenters. The van der Waals surface area contributed by atoms with Crippen LogP contribution in [0.5, 0.6) is 0 Å². The quantitative estimate of drug-likeness (QED) is 0.103. The van der Waals surface area contributed by atoms with Crippen LogP contribution in [0, 0.1) is 52.3 Å². The van der Waals surface area contributed by atoms with Crippen molar-refractivity contribution in [2.75, 3.05) is 6.79 Å². The molecule has 6 N–H and O–H groups in total. The molecule has 0 aliphatic heterocycles. The molecule has 4 unspecified atom stereocenters. The molecule has 0 spiro atoms. The molecule has 4 rings (SSSR count). The van der Waals surface area contributed by atoms with Crippen LogP contribution in [0.1, 0.15) is 118 Å². The number of amides is 2. The zero-order chi connectivity index (χ0) is 37.0. The number of ether oxygens (including phenoxy) is 2. The second-order valence-electron chi connectivity index (χ2n) is 16.6. The van der Waals surface area contributed by atoms with Gasteiger partial charge >= 0.3 is 29.9 Å². The van der Waals surface area contributed by atoms with E-state index in [1.807, 2.05) is 0 Å². The average molecular weight is 709 g/mol. The number of aliphatic hydroxyl groups excluding tert-OH is 2. The highest BCUT2D eigenvalue weighted by Gasteiger charge is 2.63. The molecule has 284 valence electrons. The molecule has 13 nitrogen and oxygen atoms in total. The third kappa shape index (κ3) is 8.92. The highest BCUT2D eigenvalue weighted by molar-refractivity contribution is 5.86. The summed E-state index contributed by atoms with van der Waals surface area (Å²) in [5.41, 5.74) is -0.0417. The van der Waals surface area contributed by atoms with Crippen LogP contribution in [0.25, 0.3) is 0 Å². The average Bonchev–Trinajstić information content (AvgIpc) is 3.40. The van der Waals surface area contributed by atoms with E-state index in [-0.39, 0.29) is 60.4 Å². The van der Waals surface area contributed by atoms with E-state index in [0.29, 0.717) is 30.1 Å². The third-order valence-electron chi connectivity index (χ3n) is 13.3. The lowest BCUT2D eigenvalue weighted by atomic mass is 9.43. The van der Waals surface area contributed by atoms with Crippen LogP contribution in [0.4, 0.5) is 4.79 Å². The van der Waals surface area contributed by atoms with Crippen molar-refractivity contribution in [3.05, 3.63) is 0 Å². The number of esters is 2. The summed E-state index contributed by atoms with van der Waals surface area (Å²) in [4.78, 5) is 60.0. The minimum Gasteiger partial charge on any atom is -0.480 e. The van der Waals surface area contributed by atoms with Gasteiger partial charge in [0.2, 0.25) is 6.79 Å². The molecule has 50 heavy (non-hydrogen) atoms. The van der Waals surface area contributed by atoms with Gasteiger partial charge in [-0.25, -0.2) is 14.4 Å². The molecule has 4 saturated carbocycles. The third-order valence-corrected chi connectivity index (χ3v) is 13.3. The first kappa shape index (κ1) is 39.8. The van der Waals surface area contributed by atoms with E-state index < -0.39 is 54.9 Å². The largest absolute Gasteiger partial charge is 0.480 e. The normalized spacial score (nSPS) is 35.0. The number of hydrogen-bond donors (Lipinski definition) is 6. The van der Waals surface area contributed by atoms with Crippen LogP contribution in [-0.2, 0) is 28.7 Å². The van der Waals surface area contributed by atoms with Crippen molar-refractivity contribution in [2.24, 2.45) is 52.3 Å². The first-order chi connectivity index (χ1) is 23.5. The number of carbonyl (C=O) groups excluding carboxylic acids is 3. The van der Waals surface area contributed by atoms with E-state index in [1.165, 1.54) is 0 Å². The molecule has 4 aliphatic carbocycles. The summed E-state index contributed by atoms with van der Waals surface area (Å²) in [6.07, 6.45) is 7.53. The van der Waals surface area contributed by atoms with E-state index in [1.54, 1.807) is 13.8 Å². The number of carbonyl (C=O) groups is 5. The van der Waals surface area contributed by atoms with Crippen molar-refractivity contribution in [3.8, 4) is 0 Å². The molecule has 0 aromatic rings. The van der Waals surface area contributed by atoms with Gasteiger partial charge in [0, 0.05) is 12.8 Å². The Morgan fingerprint density at radius 1 is 0.780 bits per heavy atom. The number of carboxylic acids is 2. The first-order valence-electron chi connectivity index (χ1n) is 18.7. The van der Waals surface area contributed by atoms with Crippen molar-refractivity contribution in [3.63, 3.8) is 0 Å². The van der Waals surface area contributed by atoms with Gasteiger partial charge in [0.15, 0.2) is 0 Å². The highest BCUT2D eigenvalue weighted by Crippen LogP contribution is 2.68.